The first-order chi connectivity index (χ1) is 13.2. The first-order valence-corrected chi connectivity index (χ1v) is 8.44. The second kappa shape index (κ2) is 7.25. The van der Waals surface area contributed by atoms with Crippen LogP contribution in [0.5, 0.6) is 5.88 Å². The number of amides is 1. The lowest BCUT2D eigenvalue weighted by atomic mass is 10.1. The molecule has 2 aromatic heterocycles. The van der Waals surface area contributed by atoms with E-state index in [0.29, 0.717) is 25.3 Å². The lowest BCUT2D eigenvalue weighted by Crippen LogP contribution is -2.31. The molecule has 0 radical (unpaired) electrons. The zero-order chi connectivity index (χ0) is 18.6. The summed E-state index contributed by atoms with van der Waals surface area (Å²) in [6, 6.07) is 13.1. The smallest absolute Gasteiger partial charge is 0.276 e. The number of nitriles is 1. The van der Waals surface area contributed by atoms with Crippen LogP contribution in [-0.4, -0.2) is 45.1 Å². The van der Waals surface area contributed by atoms with E-state index in [-0.39, 0.29) is 29.3 Å². The summed E-state index contributed by atoms with van der Waals surface area (Å²) in [5.41, 5.74) is 1.25. The third-order valence-electron chi connectivity index (χ3n) is 4.27. The SMILES string of the molecule is N#Cc1nccnc1OC1CCN(C(=O)c2cc(-c3ccccc3)on2)C1. The minimum atomic E-state index is -0.252. The van der Waals surface area contributed by atoms with E-state index in [4.69, 9.17) is 14.5 Å². The topological polar surface area (TPSA) is 105 Å². The molecule has 1 saturated heterocycles. The molecule has 8 nitrogen and oxygen atoms in total. The maximum atomic E-state index is 12.7. The summed E-state index contributed by atoms with van der Waals surface area (Å²) in [5, 5.41) is 13.0. The molecule has 3 aromatic rings. The number of carbonyl (C=O) groups is 1. The summed E-state index contributed by atoms with van der Waals surface area (Å²) in [6.45, 7) is 0.910. The van der Waals surface area contributed by atoms with Crippen LogP contribution in [-0.2, 0) is 0 Å². The van der Waals surface area contributed by atoms with Crippen molar-refractivity contribution in [1.29, 1.82) is 5.26 Å². The number of ether oxygens (including phenoxy) is 1. The Morgan fingerprint density at radius 2 is 2.07 bits per heavy atom. The lowest BCUT2D eigenvalue weighted by Gasteiger charge is -2.15. The van der Waals surface area contributed by atoms with Gasteiger partial charge < -0.3 is 14.2 Å². The highest BCUT2D eigenvalue weighted by molar-refractivity contribution is 5.93. The van der Waals surface area contributed by atoms with Gasteiger partial charge in [0.1, 0.15) is 12.2 Å². The molecule has 1 aliphatic heterocycles. The zero-order valence-corrected chi connectivity index (χ0v) is 14.3. The van der Waals surface area contributed by atoms with E-state index in [0.717, 1.165) is 5.56 Å². The molecule has 1 aliphatic rings. The van der Waals surface area contributed by atoms with Gasteiger partial charge in [0.05, 0.1) is 6.54 Å². The van der Waals surface area contributed by atoms with Crippen LogP contribution in [0.4, 0.5) is 0 Å². The van der Waals surface area contributed by atoms with E-state index in [1.165, 1.54) is 12.4 Å². The average molecular weight is 361 g/mol. The van der Waals surface area contributed by atoms with Crippen molar-refractivity contribution in [3.05, 3.63) is 60.2 Å². The van der Waals surface area contributed by atoms with Gasteiger partial charge >= 0.3 is 0 Å². The van der Waals surface area contributed by atoms with Crippen LogP contribution in [0.15, 0.2) is 53.3 Å². The predicted molar refractivity (Wildman–Crippen MR) is 93.6 cm³/mol. The molecule has 8 heteroatoms. The van der Waals surface area contributed by atoms with Gasteiger partial charge in [-0.2, -0.15) is 5.26 Å². The fourth-order valence-electron chi connectivity index (χ4n) is 2.93. The third-order valence-corrected chi connectivity index (χ3v) is 4.27. The summed E-state index contributed by atoms with van der Waals surface area (Å²) in [4.78, 5) is 22.3. The van der Waals surface area contributed by atoms with E-state index in [9.17, 15) is 4.79 Å². The van der Waals surface area contributed by atoms with Crippen LogP contribution in [0.1, 0.15) is 22.6 Å². The summed E-state index contributed by atoms with van der Waals surface area (Å²) < 4.78 is 11.1. The van der Waals surface area contributed by atoms with Gasteiger partial charge in [0, 0.05) is 37.0 Å². The summed E-state index contributed by atoms with van der Waals surface area (Å²) in [6.07, 6.45) is 3.29. The molecule has 1 atom stereocenters. The molecular formula is C19H15N5O3. The fraction of sp³-hybridized carbons (Fsp3) is 0.211. The maximum absolute atomic E-state index is 12.7. The van der Waals surface area contributed by atoms with Gasteiger partial charge in [-0.1, -0.05) is 35.5 Å². The molecule has 27 heavy (non-hydrogen) atoms. The molecule has 0 spiro atoms. The molecule has 4 rings (SSSR count). The van der Waals surface area contributed by atoms with Crippen LogP contribution in [0.25, 0.3) is 11.3 Å². The van der Waals surface area contributed by atoms with E-state index in [1.807, 2.05) is 36.4 Å². The molecule has 0 saturated carbocycles. The van der Waals surface area contributed by atoms with Gasteiger partial charge in [-0.25, -0.2) is 9.97 Å². The number of likely N-dealkylation sites (tertiary alicyclic amines) is 1. The van der Waals surface area contributed by atoms with Crippen LogP contribution < -0.4 is 4.74 Å². The first kappa shape index (κ1) is 16.7. The minimum absolute atomic E-state index is 0.131. The van der Waals surface area contributed by atoms with Crippen molar-refractivity contribution in [2.45, 2.75) is 12.5 Å². The number of nitrogens with zero attached hydrogens (tertiary/aromatic N) is 5. The molecule has 0 bridgehead atoms. The Labute approximate surface area is 155 Å². The molecule has 134 valence electrons. The van der Waals surface area contributed by atoms with Gasteiger partial charge in [-0.05, 0) is 0 Å². The Hall–Kier alpha value is -3.73. The molecule has 1 fully saturated rings. The van der Waals surface area contributed by atoms with Crippen molar-refractivity contribution >= 4 is 5.91 Å². The van der Waals surface area contributed by atoms with Crippen molar-refractivity contribution in [1.82, 2.24) is 20.0 Å². The molecule has 1 aromatic carbocycles. The molecular weight excluding hydrogens is 346 g/mol. The lowest BCUT2D eigenvalue weighted by molar-refractivity contribution is 0.0761. The second-order valence-corrected chi connectivity index (χ2v) is 6.04. The second-order valence-electron chi connectivity index (χ2n) is 6.04. The number of aromatic nitrogens is 3. The van der Waals surface area contributed by atoms with Crippen molar-refractivity contribution < 1.29 is 14.1 Å². The van der Waals surface area contributed by atoms with E-state index >= 15 is 0 Å². The molecule has 0 N–H and O–H groups in total. The highest BCUT2D eigenvalue weighted by atomic mass is 16.5. The van der Waals surface area contributed by atoms with Gasteiger partial charge in [-0.3, -0.25) is 4.79 Å². The Morgan fingerprint density at radius 3 is 2.89 bits per heavy atom. The van der Waals surface area contributed by atoms with Crippen molar-refractivity contribution in [2.24, 2.45) is 0 Å². The summed E-state index contributed by atoms with van der Waals surface area (Å²) >= 11 is 0. The monoisotopic (exact) mass is 361 g/mol. The Morgan fingerprint density at radius 1 is 1.26 bits per heavy atom. The van der Waals surface area contributed by atoms with Gasteiger partial charge in [0.25, 0.3) is 11.8 Å². The molecule has 0 aliphatic carbocycles. The quantitative estimate of drug-likeness (QED) is 0.702. The highest BCUT2D eigenvalue weighted by Crippen LogP contribution is 2.23. The maximum Gasteiger partial charge on any atom is 0.276 e. The van der Waals surface area contributed by atoms with Gasteiger partial charge in [0.15, 0.2) is 11.5 Å². The number of hydrogen-bond acceptors (Lipinski definition) is 7. The number of rotatable bonds is 4. The number of carbonyl (C=O) groups excluding carboxylic acids is 1. The number of hydrogen-bond donors (Lipinski definition) is 0. The normalized spacial score (nSPS) is 16.1. The number of benzene rings is 1. The van der Waals surface area contributed by atoms with Crippen LogP contribution in [0.2, 0.25) is 0 Å². The molecule has 1 unspecified atom stereocenters. The van der Waals surface area contributed by atoms with Crippen LogP contribution >= 0.6 is 0 Å². The summed E-state index contributed by atoms with van der Waals surface area (Å²) in [7, 11) is 0. The molecule has 3 heterocycles. The van der Waals surface area contributed by atoms with Crippen molar-refractivity contribution in [3.8, 4) is 23.3 Å². The largest absolute Gasteiger partial charge is 0.470 e. The van der Waals surface area contributed by atoms with Crippen LogP contribution in [0.3, 0.4) is 0 Å². The van der Waals surface area contributed by atoms with E-state index < -0.39 is 0 Å². The standard InChI is InChI=1S/C19H15N5O3/c20-11-16-18(22-8-7-21-16)26-14-6-9-24(12-14)19(25)15-10-17(27-23-15)13-4-2-1-3-5-13/h1-5,7-8,10,14H,6,9,12H2. The first-order valence-electron chi connectivity index (χ1n) is 8.44. The third kappa shape index (κ3) is 3.48. The van der Waals surface area contributed by atoms with Crippen molar-refractivity contribution in [3.63, 3.8) is 0 Å². The Kier molecular flexibility index (Phi) is 4.49. The van der Waals surface area contributed by atoms with E-state index in [2.05, 4.69) is 15.1 Å². The Bertz CT molecular complexity index is 996. The predicted octanol–water partition coefficient (Wildman–Crippen LogP) is 2.30. The van der Waals surface area contributed by atoms with Crippen LogP contribution in [0, 0.1) is 11.3 Å². The van der Waals surface area contributed by atoms with E-state index in [1.54, 1.807) is 11.0 Å². The average Bonchev–Trinajstić information content (AvgIpc) is 3.39. The molecule has 1 amide bonds. The highest BCUT2D eigenvalue weighted by Gasteiger charge is 2.30. The van der Waals surface area contributed by atoms with Gasteiger partial charge in [-0.15, -0.1) is 0 Å². The zero-order valence-electron chi connectivity index (χ0n) is 14.3. The Balaban J connectivity index is 1.43. The summed E-state index contributed by atoms with van der Waals surface area (Å²) in [5.74, 6) is 0.517. The minimum Gasteiger partial charge on any atom is -0.470 e. The van der Waals surface area contributed by atoms with Gasteiger partial charge in [0.2, 0.25) is 5.69 Å². The fourth-order valence-corrected chi connectivity index (χ4v) is 2.93. The van der Waals surface area contributed by atoms with Crippen molar-refractivity contribution in [2.75, 3.05) is 13.1 Å².